The van der Waals surface area contributed by atoms with Crippen LogP contribution in [0.25, 0.3) is 21.0 Å². The minimum Gasteiger partial charge on any atom is -0.496 e. The maximum absolute atomic E-state index is 14.3. The second-order valence-corrected chi connectivity index (χ2v) is 8.75. The van der Waals surface area contributed by atoms with Crippen LogP contribution in [0.3, 0.4) is 0 Å². The van der Waals surface area contributed by atoms with Crippen LogP contribution in [0.5, 0.6) is 5.75 Å². The molecule has 4 aromatic rings. The molecular weight excluding hydrogens is 432 g/mol. The molecule has 32 heavy (non-hydrogen) atoms. The zero-order valence-electron chi connectivity index (χ0n) is 18.1. The Morgan fingerprint density at radius 3 is 2.47 bits per heavy atom. The van der Waals surface area contributed by atoms with E-state index in [2.05, 4.69) is 4.98 Å². The third kappa shape index (κ3) is 4.42. The summed E-state index contributed by atoms with van der Waals surface area (Å²) in [7, 11) is 5.43. The molecule has 0 radical (unpaired) electrons. The fourth-order valence-electron chi connectivity index (χ4n) is 3.59. The van der Waals surface area contributed by atoms with Crippen molar-refractivity contribution in [1.29, 1.82) is 0 Å². The van der Waals surface area contributed by atoms with Crippen molar-refractivity contribution in [2.45, 2.75) is 6.42 Å². The number of amides is 1. The minimum absolute atomic E-state index is 0.0577. The lowest BCUT2D eigenvalue weighted by atomic mass is 10.0. The van der Waals surface area contributed by atoms with E-state index in [-0.39, 0.29) is 11.4 Å². The van der Waals surface area contributed by atoms with Gasteiger partial charge in [-0.2, -0.15) is 0 Å². The topological polar surface area (TPSA) is 45.7 Å². The molecule has 1 aromatic heterocycles. The molecular formula is C24H23F2N3O2S. The first kappa shape index (κ1) is 22.1. The Morgan fingerprint density at radius 1 is 1.06 bits per heavy atom. The fourth-order valence-corrected chi connectivity index (χ4v) is 4.62. The first-order chi connectivity index (χ1) is 15.4. The van der Waals surface area contributed by atoms with Gasteiger partial charge in [0.2, 0.25) is 0 Å². The molecule has 0 aliphatic heterocycles. The molecule has 3 aromatic carbocycles. The minimum atomic E-state index is -0.744. The van der Waals surface area contributed by atoms with Crippen molar-refractivity contribution < 1.29 is 18.3 Å². The second kappa shape index (κ2) is 9.18. The van der Waals surface area contributed by atoms with Crippen LogP contribution in [0.1, 0.15) is 16.8 Å². The van der Waals surface area contributed by atoms with Gasteiger partial charge in [-0.05, 0) is 56.0 Å². The number of anilines is 1. The molecule has 166 valence electrons. The van der Waals surface area contributed by atoms with E-state index < -0.39 is 11.6 Å². The van der Waals surface area contributed by atoms with Gasteiger partial charge in [0.25, 0.3) is 5.91 Å². The number of carbonyl (C=O) groups is 1. The van der Waals surface area contributed by atoms with E-state index >= 15 is 0 Å². The summed E-state index contributed by atoms with van der Waals surface area (Å²) >= 11 is 1.09. The van der Waals surface area contributed by atoms with Crippen molar-refractivity contribution in [3.8, 4) is 5.75 Å². The van der Waals surface area contributed by atoms with Gasteiger partial charge in [-0.25, -0.2) is 13.8 Å². The standard InChI is InChI=1S/C24H23F2N3O2S/c1-28(2)9-6-10-29(24-27-22-19(26)13-17(25)14-21(22)32-24)23(30)18-11-15-7-4-5-8-16(15)12-20(18)31-3/h4-5,7-8,11-14H,6,9-10H2,1-3H3. The SMILES string of the molecule is COc1cc2ccccc2cc1C(=O)N(CCCN(C)C)c1nc2c(F)cc(F)cc2s1. The highest BCUT2D eigenvalue weighted by Crippen LogP contribution is 2.34. The van der Waals surface area contributed by atoms with Crippen molar-refractivity contribution in [2.24, 2.45) is 0 Å². The first-order valence-electron chi connectivity index (χ1n) is 10.2. The van der Waals surface area contributed by atoms with Crippen LogP contribution in [-0.4, -0.2) is 50.1 Å². The summed E-state index contributed by atoms with van der Waals surface area (Å²) in [6.07, 6.45) is 0.682. The van der Waals surface area contributed by atoms with Gasteiger partial charge >= 0.3 is 0 Å². The third-order valence-corrected chi connectivity index (χ3v) is 6.19. The van der Waals surface area contributed by atoms with E-state index in [1.54, 1.807) is 6.07 Å². The van der Waals surface area contributed by atoms with Crippen LogP contribution in [-0.2, 0) is 0 Å². The number of methoxy groups -OCH3 is 1. The summed E-state index contributed by atoms with van der Waals surface area (Å²) in [5, 5.41) is 2.18. The number of nitrogens with zero attached hydrogens (tertiary/aromatic N) is 3. The van der Waals surface area contributed by atoms with Gasteiger partial charge in [-0.1, -0.05) is 35.6 Å². The monoisotopic (exact) mass is 455 g/mol. The van der Waals surface area contributed by atoms with E-state index in [9.17, 15) is 13.6 Å². The Morgan fingerprint density at radius 2 is 1.78 bits per heavy atom. The summed E-state index contributed by atoms with van der Waals surface area (Å²) < 4.78 is 33.8. The van der Waals surface area contributed by atoms with Gasteiger partial charge in [0.1, 0.15) is 17.1 Å². The molecule has 0 aliphatic rings. The van der Waals surface area contributed by atoms with Gasteiger partial charge in [0.15, 0.2) is 10.9 Å². The van der Waals surface area contributed by atoms with Crippen LogP contribution in [0.2, 0.25) is 0 Å². The zero-order valence-corrected chi connectivity index (χ0v) is 18.9. The number of carbonyl (C=O) groups excluding carboxylic acids is 1. The number of hydrogen-bond donors (Lipinski definition) is 0. The Kier molecular flexibility index (Phi) is 6.34. The Labute approximate surface area is 188 Å². The largest absolute Gasteiger partial charge is 0.496 e. The normalized spacial score (nSPS) is 11.4. The number of hydrogen-bond acceptors (Lipinski definition) is 5. The Bertz CT molecular complexity index is 1290. The lowest BCUT2D eigenvalue weighted by Gasteiger charge is -2.22. The molecule has 4 rings (SSSR count). The summed E-state index contributed by atoms with van der Waals surface area (Å²) in [6, 6.07) is 13.4. The number of fused-ring (bicyclic) bond motifs is 2. The van der Waals surface area contributed by atoms with Crippen LogP contribution in [0.15, 0.2) is 48.5 Å². The van der Waals surface area contributed by atoms with E-state index in [4.69, 9.17) is 4.74 Å². The third-order valence-electron chi connectivity index (χ3n) is 5.16. The molecule has 0 fully saturated rings. The summed E-state index contributed by atoms with van der Waals surface area (Å²) in [6.45, 7) is 1.13. The molecule has 1 heterocycles. The van der Waals surface area contributed by atoms with E-state index in [0.29, 0.717) is 34.1 Å². The second-order valence-electron chi connectivity index (χ2n) is 7.74. The number of benzene rings is 3. The van der Waals surface area contributed by atoms with Gasteiger partial charge in [-0.15, -0.1) is 0 Å². The van der Waals surface area contributed by atoms with Crippen LogP contribution < -0.4 is 9.64 Å². The Hall–Kier alpha value is -3.10. The summed E-state index contributed by atoms with van der Waals surface area (Å²) in [5.74, 6) is -1.27. The number of aromatic nitrogens is 1. The zero-order chi connectivity index (χ0) is 22.8. The molecule has 0 aliphatic carbocycles. The van der Waals surface area contributed by atoms with Gasteiger partial charge in [0, 0.05) is 12.6 Å². The van der Waals surface area contributed by atoms with Crippen molar-refractivity contribution in [1.82, 2.24) is 9.88 Å². The number of thiazole rings is 1. The highest BCUT2D eigenvalue weighted by atomic mass is 32.1. The maximum Gasteiger partial charge on any atom is 0.263 e. The summed E-state index contributed by atoms with van der Waals surface area (Å²) in [4.78, 5) is 21.6. The van der Waals surface area contributed by atoms with Crippen molar-refractivity contribution in [2.75, 3.05) is 39.2 Å². The molecule has 0 spiro atoms. The van der Waals surface area contributed by atoms with Gasteiger partial charge in [-0.3, -0.25) is 9.69 Å². The molecule has 8 heteroatoms. The maximum atomic E-state index is 14.3. The molecule has 0 saturated heterocycles. The summed E-state index contributed by atoms with van der Waals surface area (Å²) in [5.41, 5.74) is 0.448. The number of rotatable bonds is 7. The average Bonchev–Trinajstić information content (AvgIpc) is 3.19. The first-order valence-corrected chi connectivity index (χ1v) is 11.0. The van der Waals surface area contributed by atoms with Crippen LogP contribution >= 0.6 is 11.3 Å². The Balaban J connectivity index is 1.79. The number of ether oxygens (including phenoxy) is 1. The van der Waals surface area contributed by atoms with Gasteiger partial charge < -0.3 is 9.64 Å². The highest BCUT2D eigenvalue weighted by Gasteiger charge is 2.25. The highest BCUT2D eigenvalue weighted by molar-refractivity contribution is 7.22. The predicted octanol–water partition coefficient (Wildman–Crippen LogP) is 5.33. The predicted molar refractivity (Wildman–Crippen MR) is 125 cm³/mol. The molecule has 0 saturated carbocycles. The lowest BCUT2D eigenvalue weighted by molar-refractivity contribution is 0.0983. The van der Waals surface area contributed by atoms with Crippen LogP contribution in [0, 0.1) is 11.6 Å². The van der Waals surface area contributed by atoms with E-state index in [1.807, 2.05) is 49.3 Å². The smallest absolute Gasteiger partial charge is 0.263 e. The van der Waals surface area contributed by atoms with Crippen molar-refractivity contribution in [3.05, 3.63) is 65.7 Å². The van der Waals surface area contributed by atoms with E-state index in [0.717, 1.165) is 34.7 Å². The molecule has 0 atom stereocenters. The quantitative estimate of drug-likeness (QED) is 0.378. The average molecular weight is 456 g/mol. The fraction of sp³-hybridized carbons (Fsp3) is 0.250. The van der Waals surface area contributed by atoms with E-state index in [1.165, 1.54) is 18.1 Å². The van der Waals surface area contributed by atoms with Gasteiger partial charge in [0.05, 0.1) is 17.4 Å². The molecule has 1 amide bonds. The molecule has 0 bridgehead atoms. The molecule has 0 N–H and O–H groups in total. The number of halogens is 2. The van der Waals surface area contributed by atoms with Crippen molar-refractivity contribution >= 4 is 43.4 Å². The van der Waals surface area contributed by atoms with Crippen molar-refractivity contribution in [3.63, 3.8) is 0 Å². The molecule has 5 nitrogen and oxygen atoms in total. The lowest BCUT2D eigenvalue weighted by Crippen LogP contribution is -2.33. The molecule has 0 unspecified atom stereocenters. The van der Waals surface area contributed by atoms with Crippen LogP contribution in [0.4, 0.5) is 13.9 Å².